The van der Waals surface area contributed by atoms with Crippen molar-refractivity contribution in [2.45, 2.75) is 37.6 Å². The summed E-state index contributed by atoms with van der Waals surface area (Å²) in [5, 5.41) is 0. The van der Waals surface area contributed by atoms with E-state index in [-0.39, 0.29) is 10.9 Å². The fourth-order valence-electron chi connectivity index (χ4n) is 3.11. The van der Waals surface area contributed by atoms with Crippen LogP contribution in [0.4, 0.5) is 0 Å². The third-order valence-electron chi connectivity index (χ3n) is 4.33. The maximum atomic E-state index is 12.6. The molecule has 2 aromatic rings. The Hall–Kier alpha value is -2.05. The van der Waals surface area contributed by atoms with E-state index in [1.165, 1.54) is 5.56 Å². The Morgan fingerprint density at radius 1 is 1.24 bits per heavy atom. The van der Waals surface area contributed by atoms with Gasteiger partial charge in [-0.1, -0.05) is 12.1 Å². The van der Waals surface area contributed by atoms with Crippen LogP contribution < -0.4 is 14.2 Å². The summed E-state index contributed by atoms with van der Waals surface area (Å²) in [6, 6.07) is 10.7. The molecule has 0 aromatic heterocycles. The maximum absolute atomic E-state index is 12.6. The molecule has 0 saturated heterocycles. The van der Waals surface area contributed by atoms with Gasteiger partial charge in [0.2, 0.25) is 10.0 Å². The Labute approximate surface area is 149 Å². The van der Waals surface area contributed by atoms with Gasteiger partial charge in [0.25, 0.3) is 0 Å². The molecule has 0 aliphatic carbocycles. The number of hydrogen-bond donors (Lipinski definition) is 1. The van der Waals surface area contributed by atoms with Crippen LogP contribution in [0.25, 0.3) is 0 Å². The van der Waals surface area contributed by atoms with Crippen molar-refractivity contribution in [2.24, 2.45) is 0 Å². The number of sulfonamides is 1. The van der Waals surface area contributed by atoms with Gasteiger partial charge in [-0.05, 0) is 61.2 Å². The highest BCUT2D eigenvalue weighted by molar-refractivity contribution is 7.89. The third kappa shape index (κ3) is 3.96. The normalized spacial score (nSPS) is 14.7. The summed E-state index contributed by atoms with van der Waals surface area (Å²) < 4.78 is 38.6. The SMILES string of the molecule is COc1ccc(S(=O)(=O)NC(C)Cc2ccc3c(c2)CCO3)cc1C. The Morgan fingerprint density at radius 3 is 2.76 bits per heavy atom. The van der Waals surface area contributed by atoms with Crippen molar-refractivity contribution in [1.29, 1.82) is 0 Å². The van der Waals surface area contributed by atoms with Gasteiger partial charge in [-0.15, -0.1) is 0 Å². The lowest BCUT2D eigenvalue weighted by Crippen LogP contribution is -2.34. The highest BCUT2D eigenvalue weighted by Gasteiger charge is 2.19. The first kappa shape index (κ1) is 17.8. The lowest BCUT2D eigenvalue weighted by atomic mass is 10.0. The van der Waals surface area contributed by atoms with E-state index >= 15 is 0 Å². The number of aryl methyl sites for hydroxylation is 1. The smallest absolute Gasteiger partial charge is 0.240 e. The second kappa shape index (κ2) is 7.06. The number of benzene rings is 2. The van der Waals surface area contributed by atoms with Crippen LogP contribution in [0, 0.1) is 6.92 Å². The van der Waals surface area contributed by atoms with E-state index < -0.39 is 10.0 Å². The van der Waals surface area contributed by atoms with E-state index in [1.54, 1.807) is 25.3 Å². The van der Waals surface area contributed by atoms with E-state index in [4.69, 9.17) is 9.47 Å². The highest BCUT2D eigenvalue weighted by atomic mass is 32.2. The van der Waals surface area contributed by atoms with Gasteiger partial charge in [0.15, 0.2) is 0 Å². The molecular weight excluding hydrogens is 338 g/mol. The fourth-order valence-corrected chi connectivity index (χ4v) is 4.44. The van der Waals surface area contributed by atoms with Gasteiger partial charge in [-0.25, -0.2) is 13.1 Å². The predicted octanol–water partition coefficient (Wildman–Crippen LogP) is 2.85. The van der Waals surface area contributed by atoms with Crippen molar-refractivity contribution in [1.82, 2.24) is 4.72 Å². The minimum Gasteiger partial charge on any atom is -0.496 e. The summed E-state index contributed by atoms with van der Waals surface area (Å²) in [7, 11) is -2.00. The minimum atomic E-state index is -3.57. The van der Waals surface area contributed by atoms with Gasteiger partial charge < -0.3 is 9.47 Å². The Morgan fingerprint density at radius 2 is 2.04 bits per heavy atom. The zero-order valence-corrected chi connectivity index (χ0v) is 15.5. The van der Waals surface area contributed by atoms with E-state index in [0.717, 1.165) is 29.9 Å². The first-order valence-corrected chi connectivity index (χ1v) is 9.79. The summed E-state index contributed by atoms with van der Waals surface area (Å²) in [4.78, 5) is 0.250. The third-order valence-corrected chi connectivity index (χ3v) is 5.92. The number of nitrogens with one attached hydrogen (secondary N) is 1. The number of fused-ring (bicyclic) bond motifs is 1. The van der Waals surface area contributed by atoms with Crippen LogP contribution in [0.2, 0.25) is 0 Å². The molecule has 5 nitrogen and oxygen atoms in total. The second-order valence-electron chi connectivity index (χ2n) is 6.40. The quantitative estimate of drug-likeness (QED) is 0.859. The number of rotatable bonds is 6. The predicted molar refractivity (Wildman–Crippen MR) is 96.9 cm³/mol. The first-order valence-electron chi connectivity index (χ1n) is 8.30. The average Bonchev–Trinajstić information content (AvgIpc) is 3.01. The van der Waals surface area contributed by atoms with Gasteiger partial charge >= 0.3 is 0 Å². The van der Waals surface area contributed by atoms with Gasteiger partial charge in [0.1, 0.15) is 11.5 Å². The minimum absolute atomic E-state index is 0.215. The second-order valence-corrected chi connectivity index (χ2v) is 8.11. The molecule has 0 saturated carbocycles. The van der Waals surface area contributed by atoms with Crippen LogP contribution in [-0.4, -0.2) is 28.2 Å². The highest BCUT2D eigenvalue weighted by Crippen LogP contribution is 2.26. The molecule has 2 aromatic carbocycles. The average molecular weight is 361 g/mol. The number of methoxy groups -OCH3 is 1. The zero-order chi connectivity index (χ0) is 18.0. The van der Waals surface area contributed by atoms with E-state index in [2.05, 4.69) is 10.8 Å². The maximum Gasteiger partial charge on any atom is 0.240 e. The Balaban J connectivity index is 1.71. The molecule has 134 valence electrons. The zero-order valence-electron chi connectivity index (χ0n) is 14.7. The molecule has 0 radical (unpaired) electrons. The van der Waals surface area contributed by atoms with Crippen molar-refractivity contribution in [3.8, 4) is 11.5 Å². The lowest BCUT2D eigenvalue weighted by Gasteiger charge is -2.16. The number of ether oxygens (including phenoxy) is 2. The molecule has 3 rings (SSSR count). The monoisotopic (exact) mass is 361 g/mol. The lowest BCUT2D eigenvalue weighted by molar-refractivity contribution is 0.357. The molecule has 1 unspecified atom stereocenters. The van der Waals surface area contributed by atoms with Crippen LogP contribution in [0.5, 0.6) is 11.5 Å². The van der Waals surface area contributed by atoms with Gasteiger partial charge in [0.05, 0.1) is 18.6 Å². The summed E-state index contributed by atoms with van der Waals surface area (Å²) in [6.45, 7) is 4.42. The molecule has 0 spiro atoms. The molecule has 25 heavy (non-hydrogen) atoms. The molecule has 1 aliphatic rings. The Kier molecular flexibility index (Phi) is 5.01. The van der Waals surface area contributed by atoms with Gasteiger partial charge in [-0.3, -0.25) is 0 Å². The molecule has 0 bridgehead atoms. The first-order chi connectivity index (χ1) is 11.9. The van der Waals surface area contributed by atoms with Crippen LogP contribution in [0.1, 0.15) is 23.6 Å². The molecular formula is C19H23NO4S. The molecule has 0 fully saturated rings. The van der Waals surface area contributed by atoms with Crippen molar-refractivity contribution in [3.63, 3.8) is 0 Å². The van der Waals surface area contributed by atoms with Crippen molar-refractivity contribution in [3.05, 3.63) is 53.1 Å². The van der Waals surface area contributed by atoms with Gasteiger partial charge in [0, 0.05) is 12.5 Å². The molecule has 1 heterocycles. The van der Waals surface area contributed by atoms with Crippen molar-refractivity contribution < 1.29 is 17.9 Å². The van der Waals surface area contributed by atoms with Crippen LogP contribution in [0.3, 0.4) is 0 Å². The fraction of sp³-hybridized carbons (Fsp3) is 0.368. The molecule has 1 atom stereocenters. The van der Waals surface area contributed by atoms with Crippen LogP contribution >= 0.6 is 0 Å². The van der Waals surface area contributed by atoms with Gasteiger partial charge in [-0.2, -0.15) is 0 Å². The van der Waals surface area contributed by atoms with Crippen LogP contribution in [0.15, 0.2) is 41.3 Å². The molecule has 0 amide bonds. The largest absolute Gasteiger partial charge is 0.496 e. The standard InChI is InChI=1S/C19H23NO4S/c1-13-10-17(5-7-18(13)23-3)25(21,22)20-14(2)11-15-4-6-19-16(12-15)8-9-24-19/h4-7,10,12,14,20H,8-9,11H2,1-3H3. The van der Waals surface area contributed by atoms with E-state index in [9.17, 15) is 8.42 Å². The summed E-state index contributed by atoms with van der Waals surface area (Å²) in [5.41, 5.74) is 3.08. The number of hydrogen-bond acceptors (Lipinski definition) is 4. The van der Waals surface area contributed by atoms with E-state index in [1.807, 2.05) is 26.0 Å². The summed E-state index contributed by atoms with van der Waals surface area (Å²) in [6.07, 6.45) is 1.54. The summed E-state index contributed by atoms with van der Waals surface area (Å²) >= 11 is 0. The Bertz CT molecular complexity index is 877. The van der Waals surface area contributed by atoms with Crippen molar-refractivity contribution in [2.75, 3.05) is 13.7 Å². The van der Waals surface area contributed by atoms with E-state index in [0.29, 0.717) is 12.2 Å². The summed E-state index contributed by atoms with van der Waals surface area (Å²) in [5.74, 6) is 1.61. The molecule has 1 N–H and O–H groups in total. The topological polar surface area (TPSA) is 64.6 Å². The van der Waals surface area contributed by atoms with Crippen LogP contribution in [-0.2, 0) is 22.9 Å². The van der Waals surface area contributed by atoms with Crippen molar-refractivity contribution >= 4 is 10.0 Å². The molecule has 6 heteroatoms. The molecule has 1 aliphatic heterocycles.